The van der Waals surface area contributed by atoms with Gasteiger partial charge in [-0.15, -0.1) is 0 Å². The van der Waals surface area contributed by atoms with E-state index < -0.39 is 89.3 Å². The van der Waals surface area contributed by atoms with Crippen molar-refractivity contribution in [2.45, 2.75) is 82.7 Å². The molecule has 5 rings (SSSR count). The summed E-state index contributed by atoms with van der Waals surface area (Å²) in [5.41, 5.74) is -0.712. The Labute approximate surface area is 253 Å². The van der Waals surface area contributed by atoms with Crippen molar-refractivity contribution in [3.8, 4) is 0 Å². The SMILES string of the molecule is CC(C)(C)[C@H](NC(=O)C(F)(F)F)C(=O)N1[C@H]2C[C@@H]([C@H]1C(=O)N[C@@H](C[C@@H]1CCNC1=O)C(=O)c1nc3ccccc3o1)C(F)(F)C2. The summed E-state index contributed by atoms with van der Waals surface area (Å²) >= 11 is 0. The number of hydrogen-bond acceptors (Lipinski definition) is 7. The maximum absolute atomic E-state index is 15.1. The summed E-state index contributed by atoms with van der Waals surface area (Å²) < 4.78 is 75.1. The molecule has 2 aromatic rings. The number of Topliss-reactive ketones (excluding diaryl/α,β-unsaturated/α-hetero) is 1. The van der Waals surface area contributed by atoms with E-state index in [1.807, 2.05) is 0 Å². The number of nitrogens with one attached hydrogen (secondary N) is 3. The van der Waals surface area contributed by atoms with Crippen LogP contribution in [0.4, 0.5) is 22.0 Å². The van der Waals surface area contributed by atoms with Gasteiger partial charge in [-0.25, -0.2) is 13.8 Å². The summed E-state index contributed by atoms with van der Waals surface area (Å²) in [5, 5.41) is 6.72. The Balaban J connectivity index is 1.46. The van der Waals surface area contributed by atoms with Gasteiger partial charge >= 0.3 is 12.1 Å². The van der Waals surface area contributed by atoms with Crippen LogP contribution in [0.15, 0.2) is 28.7 Å². The van der Waals surface area contributed by atoms with Crippen LogP contribution < -0.4 is 16.0 Å². The summed E-state index contributed by atoms with van der Waals surface area (Å²) in [4.78, 5) is 70.5. The first-order valence-corrected chi connectivity index (χ1v) is 14.4. The lowest BCUT2D eigenvalue weighted by Gasteiger charge is -2.42. The molecular formula is C29H32F5N5O6. The zero-order chi connectivity index (χ0) is 33.1. The first-order chi connectivity index (χ1) is 20.9. The van der Waals surface area contributed by atoms with E-state index in [1.165, 1.54) is 20.8 Å². The van der Waals surface area contributed by atoms with E-state index in [0.29, 0.717) is 18.5 Å². The lowest BCUT2D eigenvalue weighted by atomic mass is 9.84. The number of hydrogen-bond donors (Lipinski definition) is 3. The Hall–Kier alpha value is -4.11. The molecule has 244 valence electrons. The molecule has 2 saturated heterocycles. The molecule has 11 nitrogen and oxygen atoms in total. The van der Waals surface area contributed by atoms with E-state index in [-0.39, 0.29) is 24.3 Å². The van der Waals surface area contributed by atoms with Gasteiger partial charge in [-0.1, -0.05) is 32.9 Å². The van der Waals surface area contributed by atoms with Gasteiger partial charge in [-0.05, 0) is 36.8 Å². The van der Waals surface area contributed by atoms with E-state index in [2.05, 4.69) is 15.6 Å². The fraction of sp³-hybridized carbons (Fsp3) is 0.586. The molecule has 45 heavy (non-hydrogen) atoms. The Bertz CT molecular complexity index is 1500. The average Bonchev–Trinajstić information content (AvgIpc) is 3.70. The summed E-state index contributed by atoms with van der Waals surface area (Å²) in [6.45, 7) is 4.46. The van der Waals surface area contributed by atoms with Crippen LogP contribution in [0.5, 0.6) is 0 Å². The number of likely N-dealkylation sites (tertiary alicyclic amines) is 1. The number of ketones is 1. The maximum atomic E-state index is 15.1. The van der Waals surface area contributed by atoms with Gasteiger partial charge in [0, 0.05) is 24.9 Å². The highest BCUT2D eigenvalue weighted by molar-refractivity contribution is 6.02. The molecule has 0 unspecified atom stereocenters. The molecule has 2 aliphatic heterocycles. The van der Waals surface area contributed by atoms with Crippen molar-refractivity contribution < 1.29 is 50.3 Å². The van der Waals surface area contributed by atoms with Crippen LogP contribution in [0.25, 0.3) is 11.1 Å². The van der Waals surface area contributed by atoms with Crippen molar-refractivity contribution in [3.63, 3.8) is 0 Å². The standard InChI is InChI=1S/C29H32F5N5O6/c1-27(2,3)21(38-26(44)29(32,33)34)25(43)39-14-11-15(28(30,31)12-14)19(39)23(42)36-17(10-13-8-9-35-22(13)41)20(40)24-37-16-6-4-5-7-18(16)45-24/h4-7,13-15,17,19,21H,8-12H2,1-3H3,(H,35,41)(H,36,42)(H,38,44)/t13-,14-,15-,17-,19-,21+/m0/s1. The number of amides is 4. The Kier molecular flexibility index (Phi) is 8.15. The van der Waals surface area contributed by atoms with Crippen LogP contribution in [-0.2, 0) is 19.2 Å². The first-order valence-electron chi connectivity index (χ1n) is 14.4. The number of carbonyl (C=O) groups excluding carboxylic acids is 5. The molecular weight excluding hydrogens is 609 g/mol. The fourth-order valence-electron chi connectivity index (χ4n) is 6.41. The van der Waals surface area contributed by atoms with Crippen LogP contribution in [0.1, 0.15) is 57.1 Å². The molecule has 3 heterocycles. The molecule has 0 radical (unpaired) electrons. The number of para-hydroxylation sites is 2. The lowest BCUT2D eigenvalue weighted by molar-refractivity contribution is -0.177. The number of carbonyl (C=O) groups is 5. The van der Waals surface area contributed by atoms with Crippen LogP contribution >= 0.6 is 0 Å². The third kappa shape index (κ3) is 6.23. The minimum absolute atomic E-state index is 0.230. The monoisotopic (exact) mass is 641 g/mol. The largest absolute Gasteiger partial charge is 0.471 e. The average molecular weight is 642 g/mol. The second-order valence-corrected chi connectivity index (χ2v) is 12.8. The predicted molar refractivity (Wildman–Crippen MR) is 146 cm³/mol. The Morgan fingerprint density at radius 1 is 1.13 bits per heavy atom. The number of alkyl halides is 5. The Morgan fingerprint density at radius 3 is 2.42 bits per heavy atom. The highest BCUT2D eigenvalue weighted by Crippen LogP contribution is 2.52. The van der Waals surface area contributed by atoms with E-state index >= 15 is 8.78 Å². The van der Waals surface area contributed by atoms with E-state index in [4.69, 9.17) is 4.42 Å². The normalized spacial score (nSPS) is 25.6. The highest BCUT2D eigenvalue weighted by Gasteiger charge is 2.65. The van der Waals surface area contributed by atoms with E-state index in [1.54, 1.807) is 29.6 Å². The highest BCUT2D eigenvalue weighted by atomic mass is 19.4. The predicted octanol–water partition coefficient (Wildman–Crippen LogP) is 2.74. The number of benzene rings is 1. The molecule has 3 aliphatic rings. The summed E-state index contributed by atoms with van der Waals surface area (Å²) in [6, 6.07) is 0.0417. The van der Waals surface area contributed by atoms with Crippen LogP contribution in [0, 0.1) is 17.3 Å². The van der Waals surface area contributed by atoms with Gasteiger partial charge in [0.2, 0.25) is 23.5 Å². The molecule has 1 saturated carbocycles. The minimum Gasteiger partial charge on any atom is -0.434 e. The number of piperidine rings is 1. The number of halogens is 5. The van der Waals surface area contributed by atoms with Crippen LogP contribution in [0.3, 0.4) is 0 Å². The summed E-state index contributed by atoms with van der Waals surface area (Å²) in [5.74, 6) is -12.1. The number of nitrogens with zero attached hydrogens (tertiary/aromatic N) is 2. The number of oxazole rings is 1. The van der Waals surface area contributed by atoms with Crippen molar-refractivity contribution in [3.05, 3.63) is 30.2 Å². The molecule has 0 spiro atoms. The van der Waals surface area contributed by atoms with Gasteiger partial charge < -0.3 is 25.3 Å². The first kappa shape index (κ1) is 32.3. The summed E-state index contributed by atoms with van der Waals surface area (Å²) in [6.07, 6.45) is -6.38. The topological polar surface area (TPSA) is 151 Å². The number of fused-ring (bicyclic) bond motifs is 3. The molecule has 1 aromatic heterocycles. The Morgan fingerprint density at radius 2 is 1.82 bits per heavy atom. The second kappa shape index (κ2) is 11.4. The molecule has 4 amide bonds. The quantitative estimate of drug-likeness (QED) is 0.296. The van der Waals surface area contributed by atoms with E-state index in [0.717, 1.165) is 4.90 Å². The number of aromatic nitrogens is 1. The van der Waals surface area contributed by atoms with Crippen molar-refractivity contribution in [1.82, 2.24) is 25.8 Å². The smallest absolute Gasteiger partial charge is 0.434 e. The van der Waals surface area contributed by atoms with Gasteiger partial charge in [0.1, 0.15) is 17.6 Å². The van der Waals surface area contributed by atoms with Crippen LogP contribution in [0.2, 0.25) is 0 Å². The third-order valence-corrected chi connectivity index (χ3v) is 8.64. The molecule has 1 aromatic carbocycles. The molecule has 6 atom stereocenters. The second-order valence-electron chi connectivity index (χ2n) is 12.8. The third-order valence-electron chi connectivity index (χ3n) is 8.64. The zero-order valence-corrected chi connectivity index (χ0v) is 24.5. The van der Waals surface area contributed by atoms with Gasteiger partial charge in [-0.3, -0.25) is 24.0 Å². The van der Waals surface area contributed by atoms with Gasteiger partial charge in [0.05, 0.1) is 12.0 Å². The van der Waals surface area contributed by atoms with Gasteiger partial charge in [0.15, 0.2) is 5.58 Å². The fourth-order valence-corrected chi connectivity index (χ4v) is 6.41. The van der Waals surface area contributed by atoms with Gasteiger partial charge in [0.25, 0.3) is 11.8 Å². The molecule has 16 heteroatoms. The van der Waals surface area contributed by atoms with Crippen molar-refractivity contribution in [2.24, 2.45) is 17.3 Å². The molecule has 1 aliphatic carbocycles. The van der Waals surface area contributed by atoms with Gasteiger partial charge in [-0.2, -0.15) is 13.2 Å². The summed E-state index contributed by atoms with van der Waals surface area (Å²) in [7, 11) is 0. The maximum Gasteiger partial charge on any atom is 0.471 e. The molecule has 3 fully saturated rings. The molecule has 3 N–H and O–H groups in total. The lowest BCUT2D eigenvalue weighted by Crippen LogP contribution is -2.64. The van der Waals surface area contributed by atoms with Crippen molar-refractivity contribution in [2.75, 3.05) is 6.54 Å². The zero-order valence-electron chi connectivity index (χ0n) is 24.5. The number of rotatable bonds is 8. The minimum atomic E-state index is -5.33. The van der Waals surface area contributed by atoms with Crippen LogP contribution in [-0.4, -0.2) is 82.1 Å². The van der Waals surface area contributed by atoms with Crippen molar-refractivity contribution in [1.29, 1.82) is 0 Å². The van der Waals surface area contributed by atoms with Crippen molar-refractivity contribution >= 4 is 40.5 Å². The van der Waals surface area contributed by atoms with E-state index in [9.17, 15) is 37.1 Å². The molecule has 2 bridgehead atoms.